The van der Waals surface area contributed by atoms with E-state index in [-0.39, 0.29) is 0 Å². The van der Waals surface area contributed by atoms with Crippen molar-refractivity contribution in [3.63, 3.8) is 0 Å². The zero-order valence-electron chi connectivity index (χ0n) is 10.4. The van der Waals surface area contributed by atoms with Crippen LogP contribution in [0.5, 0.6) is 0 Å². The van der Waals surface area contributed by atoms with Gasteiger partial charge in [-0.15, -0.1) is 10.2 Å². The van der Waals surface area contributed by atoms with Crippen molar-refractivity contribution in [3.05, 3.63) is 59.1 Å². The molecule has 3 rings (SSSR count). The molecule has 1 heterocycles. The molecule has 0 unspecified atom stereocenters. The van der Waals surface area contributed by atoms with Crippen molar-refractivity contribution in [1.82, 2.24) is 14.9 Å². The highest BCUT2D eigenvalue weighted by atomic mass is 79.9. The zero-order valence-corrected chi connectivity index (χ0v) is 12.8. The van der Waals surface area contributed by atoms with Crippen LogP contribution in [-0.4, -0.2) is 14.9 Å². The van der Waals surface area contributed by atoms with Gasteiger partial charge in [0.2, 0.25) is 5.16 Å². The number of nitrogens with two attached hydrogens (primary N) is 1. The lowest BCUT2D eigenvalue weighted by Crippen LogP contribution is -2.11. The summed E-state index contributed by atoms with van der Waals surface area (Å²) in [7, 11) is 0. The van der Waals surface area contributed by atoms with E-state index in [2.05, 4.69) is 26.1 Å². The highest BCUT2D eigenvalue weighted by Gasteiger charge is 2.12. The van der Waals surface area contributed by atoms with Crippen LogP contribution in [0.3, 0.4) is 0 Å². The maximum absolute atomic E-state index is 6.07. The molecule has 0 spiro atoms. The number of nitrogens with zero attached hydrogens (tertiary/aromatic N) is 3. The number of hydrogen-bond donors (Lipinski definition) is 1. The molecule has 100 valence electrons. The number of nitrogen functional groups attached to an aromatic ring is 1. The van der Waals surface area contributed by atoms with E-state index in [0.29, 0.717) is 11.0 Å². The van der Waals surface area contributed by atoms with Crippen molar-refractivity contribution >= 4 is 27.7 Å². The number of aromatic nitrogens is 3. The third-order valence-electron chi connectivity index (χ3n) is 2.72. The third-order valence-corrected chi connectivity index (χ3v) is 4.22. The second-order valence-electron chi connectivity index (χ2n) is 4.10. The Kier molecular flexibility index (Phi) is 3.75. The Bertz CT molecular complexity index is 710. The van der Waals surface area contributed by atoms with Gasteiger partial charge < -0.3 is 5.84 Å². The first-order valence-corrected chi connectivity index (χ1v) is 7.54. The summed E-state index contributed by atoms with van der Waals surface area (Å²) in [6, 6.07) is 17.8. The molecular weight excluding hydrogens is 336 g/mol. The summed E-state index contributed by atoms with van der Waals surface area (Å²) in [6.45, 7) is 0. The van der Waals surface area contributed by atoms with Gasteiger partial charge in [-0.25, -0.2) is 4.68 Å². The Morgan fingerprint density at radius 1 is 0.950 bits per heavy atom. The van der Waals surface area contributed by atoms with Crippen LogP contribution < -0.4 is 5.84 Å². The molecule has 0 atom stereocenters. The van der Waals surface area contributed by atoms with Gasteiger partial charge in [-0.2, -0.15) is 0 Å². The van der Waals surface area contributed by atoms with Crippen LogP contribution in [0.1, 0.15) is 0 Å². The van der Waals surface area contributed by atoms with E-state index in [9.17, 15) is 0 Å². The second-order valence-corrected chi connectivity index (χ2v) is 6.05. The average molecular weight is 347 g/mol. The molecule has 1 aromatic heterocycles. The van der Waals surface area contributed by atoms with Crippen LogP contribution in [-0.2, 0) is 0 Å². The van der Waals surface area contributed by atoms with Crippen molar-refractivity contribution in [1.29, 1.82) is 0 Å². The molecule has 3 aromatic rings. The molecule has 0 radical (unpaired) electrons. The predicted octanol–water partition coefficient (Wildman–Crippen LogP) is 3.57. The normalized spacial score (nSPS) is 10.7. The van der Waals surface area contributed by atoms with E-state index in [1.807, 2.05) is 54.6 Å². The van der Waals surface area contributed by atoms with Crippen molar-refractivity contribution in [2.45, 2.75) is 10.1 Å². The van der Waals surface area contributed by atoms with E-state index in [0.717, 1.165) is 14.9 Å². The van der Waals surface area contributed by atoms with E-state index >= 15 is 0 Å². The SMILES string of the molecule is Nn1c(Sc2ccc(Br)cc2)nnc1-c1ccccc1. The van der Waals surface area contributed by atoms with Gasteiger partial charge >= 0.3 is 0 Å². The Morgan fingerprint density at radius 2 is 1.65 bits per heavy atom. The van der Waals surface area contributed by atoms with Gasteiger partial charge in [0.25, 0.3) is 0 Å². The van der Waals surface area contributed by atoms with Crippen LogP contribution in [0, 0.1) is 0 Å². The molecule has 0 aliphatic carbocycles. The molecule has 0 bridgehead atoms. The molecule has 20 heavy (non-hydrogen) atoms. The summed E-state index contributed by atoms with van der Waals surface area (Å²) in [5.41, 5.74) is 0.949. The maximum Gasteiger partial charge on any atom is 0.214 e. The van der Waals surface area contributed by atoms with E-state index in [4.69, 9.17) is 5.84 Å². The summed E-state index contributed by atoms with van der Waals surface area (Å²) in [5, 5.41) is 8.97. The molecule has 2 N–H and O–H groups in total. The van der Waals surface area contributed by atoms with Crippen molar-refractivity contribution in [2.24, 2.45) is 0 Å². The zero-order chi connectivity index (χ0) is 13.9. The molecule has 6 heteroatoms. The largest absolute Gasteiger partial charge is 0.335 e. The van der Waals surface area contributed by atoms with E-state index in [1.165, 1.54) is 16.4 Å². The van der Waals surface area contributed by atoms with Crippen molar-refractivity contribution in [2.75, 3.05) is 5.84 Å². The molecule has 0 aliphatic rings. The Morgan fingerprint density at radius 3 is 2.35 bits per heavy atom. The lowest BCUT2D eigenvalue weighted by atomic mass is 10.2. The van der Waals surface area contributed by atoms with Gasteiger partial charge in [0.15, 0.2) is 5.82 Å². The number of rotatable bonds is 3. The third kappa shape index (κ3) is 2.71. The maximum atomic E-state index is 6.07. The monoisotopic (exact) mass is 346 g/mol. The van der Waals surface area contributed by atoms with Gasteiger partial charge in [0.1, 0.15) is 0 Å². The molecule has 0 saturated carbocycles. The van der Waals surface area contributed by atoms with E-state index in [1.54, 1.807) is 0 Å². The first-order valence-electron chi connectivity index (χ1n) is 5.93. The van der Waals surface area contributed by atoms with Gasteiger partial charge in [0.05, 0.1) is 0 Å². The van der Waals surface area contributed by atoms with Crippen molar-refractivity contribution in [3.8, 4) is 11.4 Å². The Labute approximate surface area is 129 Å². The smallest absolute Gasteiger partial charge is 0.214 e. The molecule has 4 nitrogen and oxygen atoms in total. The topological polar surface area (TPSA) is 56.7 Å². The van der Waals surface area contributed by atoms with Crippen LogP contribution in [0.4, 0.5) is 0 Å². The molecule has 0 saturated heterocycles. The first kappa shape index (κ1) is 13.2. The standard InChI is InChI=1S/C14H11BrN4S/c15-11-6-8-12(9-7-11)20-14-18-17-13(19(14)16)10-4-2-1-3-5-10/h1-9H,16H2. The minimum absolute atomic E-state index is 0.658. The van der Waals surface area contributed by atoms with Crippen LogP contribution >= 0.6 is 27.7 Å². The van der Waals surface area contributed by atoms with Crippen molar-refractivity contribution < 1.29 is 0 Å². The van der Waals surface area contributed by atoms with Gasteiger partial charge in [-0.3, -0.25) is 0 Å². The fourth-order valence-corrected chi connectivity index (χ4v) is 2.75. The van der Waals surface area contributed by atoms with Gasteiger partial charge in [0, 0.05) is 14.9 Å². The summed E-state index contributed by atoms with van der Waals surface area (Å²) in [4.78, 5) is 1.06. The highest BCUT2D eigenvalue weighted by molar-refractivity contribution is 9.10. The number of benzene rings is 2. The number of halogens is 1. The van der Waals surface area contributed by atoms with Gasteiger partial charge in [-0.05, 0) is 36.0 Å². The molecule has 2 aromatic carbocycles. The van der Waals surface area contributed by atoms with Crippen LogP contribution in [0.25, 0.3) is 11.4 Å². The number of hydrogen-bond acceptors (Lipinski definition) is 4. The summed E-state index contributed by atoms with van der Waals surface area (Å²) in [6.07, 6.45) is 0. The van der Waals surface area contributed by atoms with Gasteiger partial charge in [-0.1, -0.05) is 46.3 Å². The predicted molar refractivity (Wildman–Crippen MR) is 83.9 cm³/mol. The lowest BCUT2D eigenvalue weighted by Gasteiger charge is -2.03. The summed E-state index contributed by atoms with van der Waals surface area (Å²) < 4.78 is 2.56. The minimum Gasteiger partial charge on any atom is -0.335 e. The van der Waals surface area contributed by atoms with Crippen LogP contribution in [0.15, 0.2) is 69.1 Å². The summed E-state index contributed by atoms with van der Waals surface area (Å²) in [5.74, 6) is 6.73. The minimum atomic E-state index is 0.658. The fraction of sp³-hybridized carbons (Fsp3) is 0. The second kappa shape index (κ2) is 5.68. The average Bonchev–Trinajstić information content (AvgIpc) is 2.84. The Hall–Kier alpha value is -1.79. The van der Waals surface area contributed by atoms with Crippen LogP contribution in [0.2, 0.25) is 0 Å². The molecule has 0 amide bonds. The highest BCUT2D eigenvalue weighted by Crippen LogP contribution is 2.28. The fourth-order valence-electron chi connectivity index (χ4n) is 1.74. The Balaban J connectivity index is 1.89. The molecule has 0 fully saturated rings. The summed E-state index contributed by atoms with van der Waals surface area (Å²) >= 11 is 4.89. The lowest BCUT2D eigenvalue weighted by molar-refractivity contribution is 0.850. The molecular formula is C14H11BrN4S. The molecule has 0 aliphatic heterocycles. The quantitative estimate of drug-likeness (QED) is 0.736. The first-order chi connectivity index (χ1) is 9.74. The van der Waals surface area contributed by atoms with E-state index < -0.39 is 0 Å².